The van der Waals surface area contributed by atoms with Crippen molar-refractivity contribution < 1.29 is 4.74 Å². The summed E-state index contributed by atoms with van der Waals surface area (Å²) in [5.74, 6) is 1.72. The van der Waals surface area contributed by atoms with E-state index in [1.54, 1.807) is 0 Å². The molecule has 2 aromatic rings. The molecule has 0 radical (unpaired) electrons. The van der Waals surface area contributed by atoms with Crippen molar-refractivity contribution in [2.24, 2.45) is 0 Å². The first-order chi connectivity index (χ1) is 12.8. The molecule has 4 rings (SSSR count). The van der Waals surface area contributed by atoms with Gasteiger partial charge in [0.05, 0.1) is 13.2 Å². The average Bonchev–Trinajstić information content (AvgIpc) is 3.11. The van der Waals surface area contributed by atoms with Crippen molar-refractivity contribution in [2.45, 2.75) is 25.9 Å². The molecule has 26 heavy (non-hydrogen) atoms. The molecule has 2 saturated heterocycles. The molecule has 0 spiro atoms. The molecule has 1 aromatic heterocycles. The van der Waals surface area contributed by atoms with E-state index in [-0.39, 0.29) is 0 Å². The highest BCUT2D eigenvalue weighted by molar-refractivity contribution is 5.43. The monoisotopic (exact) mass is 353 g/mol. The lowest BCUT2D eigenvalue weighted by Gasteiger charge is -2.28. The summed E-state index contributed by atoms with van der Waals surface area (Å²) < 4.78 is 5.42. The molecule has 0 aliphatic carbocycles. The molecular formula is C20H27N5O. The van der Waals surface area contributed by atoms with Crippen molar-refractivity contribution >= 4 is 11.8 Å². The molecule has 1 atom stereocenters. The number of aryl methyl sites for hydroxylation is 1. The standard InChI is InChI=1S/C20H27N5O/c1-16-4-2-3-5-17(16)14-24-9-7-18(15-24)22-20-21-8-6-19(23-20)25-10-12-26-13-11-25/h2-6,8,18H,7,9-15H2,1H3,(H,21,22,23). The van der Waals surface area contributed by atoms with Crippen molar-refractivity contribution in [2.75, 3.05) is 49.6 Å². The predicted molar refractivity (Wildman–Crippen MR) is 104 cm³/mol. The maximum atomic E-state index is 5.42. The number of nitrogens with zero attached hydrogens (tertiary/aromatic N) is 4. The van der Waals surface area contributed by atoms with Crippen LogP contribution in [0.3, 0.4) is 0 Å². The van der Waals surface area contributed by atoms with Gasteiger partial charge in [-0.15, -0.1) is 0 Å². The summed E-state index contributed by atoms with van der Waals surface area (Å²) in [6.45, 7) is 8.65. The average molecular weight is 353 g/mol. The Balaban J connectivity index is 1.34. The molecule has 1 unspecified atom stereocenters. The Hall–Kier alpha value is -2.18. The van der Waals surface area contributed by atoms with E-state index in [0.717, 1.165) is 64.1 Å². The Morgan fingerprint density at radius 3 is 2.85 bits per heavy atom. The Labute approximate surface area is 155 Å². The summed E-state index contributed by atoms with van der Waals surface area (Å²) >= 11 is 0. The number of ether oxygens (including phenoxy) is 1. The number of rotatable bonds is 5. The van der Waals surface area contributed by atoms with E-state index in [9.17, 15) is 0 Å². The molecule has 0 bridgehead atoms. The number of anilines is 2. The number of hydrogen-bond donors (Lipinski definition) is 1. The van der Waals surface area contributed by atoms with Crippen LogP contribution in [0.1, 0.15) is 17.5 Å². The number of nitrogens with one attached hydrogen (secondary N) is 1. The second-order valence-electron chi connectivity index (χ2n) is 7.13. The van der Waals surface area contributed by atoms with Crippen molar-refractivity contribution in [1.82, 2.24) is 14.9 Å². The van der Waals surface area contributed by atoms with Gasteiger partial charge < -0.3 is 15.0 Å². The van der Waals surface area contributed by atoms with E-state index >= 15 is 0 Å². The van der Waals surface area contributed by atoms with E-state index < -0.39 is 0 Å². The van der Waals surface area contributed by atoms with Gasteiger partial charge in [0, 0.05) is 45.0 Å². The zero-order valence-corrected chi connectivity index (χ0v) is 15.4. The summed E-state index contributed by atoms with van der Waals surface area (Å²) in [6, 6.07) is 11.0. The second-order valence-corrected chi connectivity index (χ2v) is 7.13. The minimum atomic E-state index is 0.402. The van der Waals surface area contributed by atoms with Crippen LogP contribution < -0.4 is 10.2 Å². The molecule has 2 aliphatic rings. The lowest BCUT2D eigenvalue weighted by atomic mass is 10.1. The van der Waals surface area contributed by atoms with Gasteiger partial charge in [0.1, 0.15) is 5.82 Å². The van der Waals surface area contributed by atoms with Gasteiger partial charge in [0.2, 0.25) is 5.95 Å². The van der Waals surface area contributed by atoms with E-state index in [2.05, 4.69) is 51.3 Å². The van der Waals surface area contributed by atoms with Gasteiger partial charge >= 0.3 is 0 Å². The van der Waals surface area contributed by atoms with Crippen molar-refractivity contribution in [1.29, 1.82) is 0 Å². The highest BCUT2D eigenvalue weighted by Crippen LogP contribution is 2.19. The second kappa shape index (κ2) is 8.01. The summed E-state index contributed by atoms with van der Waals surface area (Å²) in [7, 11) is 0. The normalized spacial score (nSPS) is 21.1. The Morgan fingerprint density at radius 1 is 1.15 bits per heavy atom. The van der Waals surface area contributed by atoms with Crippen LogP contribution in [0.2, 0.25) is 0 Å². The van der Waals surface area contributed by atoms with Gasteiger partial charge in [-0.2, -0.15) is 4.98 Å². The molecule has 1 N–H and O–H groups in total. The van der Waals surface area contributed by atoms with E-state index in [0.29, 0.717) is 6.04 Å². The fraction of sp³-hybridized carbons (Fsp3) is 0.500. The number of likely N-dealkylation sites (tertiary alicyclic amines) is 1. The topological polar surface area (TPSA) is 53.5 Å². The smallest absolute Gasteiger partial charge is 0.224 e. The van der Waals surface area contributed by atoms with Crippen LogP contribution in [-0.2, 0) is 11.3 Å². The lowest BCUT2D eigenvalue weighted by molar-refractivity contribution is 0.122. The quantitative estimate of drug-likeness (QED) is 0.890. The summed E-state index contributed by atoms with van der Waals surface area (Å²) in [4.78, 5) is 13.9. The lowest BCUT2D eigenvalue weighted by Crippen LogP contribution is -2.37. The van der Waals surface area contributed by atoms with Crippen molar-refractivity contribution in [3.8, 4) is 0 Å². The minimum absolute atomic E-state index is 0.402. The van der Waals surface area contributed by atoms with Crippen LogP contribution in [-0.4, -0.2) is 60.3 Å². The number of hydrogen-bond acceptors (Lipinski definition) is 6. The first-order valence-corrected chi connectivity index (χ1v) is 9.47. The molecule has 6 nitrogen and oxygen atoms in total. The van der Waals surface area contributed by atoms with Gasteiger partial charge in [-0.1, -0.05) is 24.3 Å². The third kappa shape index (κ3) is 4.14. The Kier molecular flexibility index (Phi) is 5.32. The molecule has 1 aromatic carbocycles. The van der Waals surface area contributed by atoms with Gasteiger partial charge in [-0.3, -0.25) is 4.90 Å². The van der Waals surface area contributed by atoms with Gasteiger partial charge in [0.25, 0.3) is 0 Å². The Bertz CT molecular complexity index is 732. The highest BCUT2D eigenvalue weighted by Gasteiger charge is 2.23. The third-order valence-electron chi connectivity index (χ3n) is 5.24. The van der Waals surface area contributed by atoms with Crippen LogP contribution in [0.5, 0.6) is 0 Å². The van der Waals surface area contributed by atoms with Crippen LogP contribution in [0, 0.1) is 6.92 Å². The van der Waals surface area contributed by atoms with E-state index in [1.807, 2.05) is 12.3 Å². The van der Waals surface area contributed by atoms with Crippen molar-refractivity contribution in [3.63, 3.8) is 0 Å². The van der Waals surface area contributed by atoms with Crippen LogP contribution >= 0.6 is 0 Å². The fourth-order valence-electron chi connectivity index (χ4n) is 3.69. The molecule has 2 aliphatic heterocycles. The minimum Gasteiger partial charge on any atom is -0.378 e. The fourth-order valence-corrected chi connectivity index (χ4v) is 3.69. The van der Waals surface area contributed by atoms with Crippen LogP contribution in [0.25, 0.3) is 0 Å². The number of morpholine rings is 1. The maximum absolute atomic E-state index is 5.42. The molecule has 6 heteroatoms. The molecular weight excluding hydrogens is 326 g/mol. The summed E-state index contributed by atoms with van der Waals surface area (Å²) in [6.07, 6.45) is 2.97. The van der Waals surface area contributed by atoms with Gasteiger partial charge in [-0.05, 0) is 30.5 Å². The SMILES string of the molecule is Cc1ccccc1CN1CCC(Nc2nccc(N3CCOCC3)n2)C1. The number of benzene rings is 1. The largest absolute Gasteiger partial charge is 0.378 e. The molecule has 138 valence electrons. The van der Waals surface area contributed by atoms with Crippen LogP contribution in [0.4, 0.5) is 11.8 Å². The molecule has 0 saturated carbocycles. The van der Waals surface area contributed by atoms with Crippen molar-refractivity contribution in [3.05, 3.63) is 47.7 Å². The van der Waals surface area contributed by atoms with E-state index in [4.69, 9.17) is 9.72 Å². The molecule has 2 fully saturated rings. The van der Waals surface area contributed by atoms with Crippen LogP contribution in [0.15, 0.2) is 36.5 Å². The molecule has 0 amide bonds. The number of aromatic nitrogens is 2. The zero-order valence-electron chi connectivity index (χ0n) is 15.4. The first kappa shape index (κ1) is 17.2. The van der Waals surface area contributed by atoms with Gasteiger partial charge in [-0.25, -0.2) is 4.98 Å². The summed E-state index contributed by atoms with van der Waals surface area (Å²) in [5, 5.41) is 3.53. The third-order valence-corrected chi connectivity index (χ3v) is 5.24. The highest BCUT2D eigenvalue weighted by atomic mass is 16.5. The Morgan fingerprint density at radius 2 is 2.00 bits per heavy atom. The molecule has 3 heterocycles. The first-order valence-electron chi connectivity index (χ1n) is 9.47. The van der Waals surface area contributed by atoms with Gasteiger partial charge in [0.15, 0.2) is 0 Å². The predicted octanol–water partition coefficient (Wildman–Crippen LogP) is 2.31. The van der Waals surface area contributed by atoms with E-state index in [1.165, 1.54) is 11.1 Å². The summed E-state index contributed by atoms with van der Waals surface area (Å²) in [5.41, 5.74) is 2.78. The maximum Gasteiger partial charge on any atom is 0.224 e. The zero-order chi connectivity index (χ0) is 17.8.